The van der Waals surface area contributed by atoms with Gasteiger partial charge in [-0.05, 0) is 24.1 Å². The van der Waals surface area contributed by atoms with Gasteiger partial charge in [-0.1, -0.05) is 29.3 Å². The highest BCUT2D eigenvalue weighted by molar-refractivity contribution is 6.42. The van der Waals surface area contributed by atoms with Crippen molar-refractivity contribution in [3.63, 3.8) is 0 Å². The second-order valence-corrected chi connectivity index (χ2v) is 5.24. The largest absolute Gasteiger partial charge is 0.378 e. The number of nitrogens with one attached hydrogen (secondary N) is 1. The summed E-state index contributed by atoms with van der Waals surface area (Å²) >= 11 is 11.9. The third-order valence-electron chi connectivity index (χ3n) is 3.64. The maximum Gasteiger partial charge on any atom is 0.108 e. The van der Waals surface area contributed by atoms with Crippen LogP contribution in [0.2, 0.25) is 10.0 Å². The number of aliphatic hydroxyl groups is 1. The summed E-state index contributed by atoms with van der Waals surface area (Å²) in [5.41, 5.74) is 1.29. The molecule has 2 N–H and O–H groups in total. The fourth-order valence-corrected chi connectivity index (χ4v) is 2.92. The van der Waals surface area contributed by atoms with Crippen molar-refractivity contribution in [1.82, 2.24) is 5.32 Å². The van der Waals surface area contributed by atoms with E-state index in [1.165, 1.54) is 5.56 Å². The summed E-state index contributed by atoms with van der Waals surface area (Å²) in [6, 6.07) is 5.76. The minimum absolute atomic E-state index is 0.105. The maximum absolute atomic E-state index is 9.62. The van der Waals surface area contributed by atoms with Crippen molar-refractivity contribution in [1.29, 1.82) is 0 Å². The summed E-state index contributed by atoms with van der Waals surface area (Å²) in [5.74, 6) is 0.342. The molecule has 1 saturated carbocycles. The van der Waals surface area contributed by atoms with Crippen LogP contribution in [0.3, 0.4) is 0 Å². The molecule has 2 unspecified atom stereocenters. The van der Waals surface area contributed by atoms with Gasteiger partial charge >= 0.3 is 0 Å². The monoisotopic (exact) mass is 243 g/mol. The summed E-state index contributed by atoms with van der Waals surface area (Å²) in [6.07, 6.45) is 0.679. The lowest BCUT2D eigenvalue weighted by atomic mass is 9.95. The number of hydrogen-bond acceptors (Lipinski definition) is 2. The molecule has 1 aliphatic heterocycles. The van der Waals surface area contributed by atoms with Crippen molar-refractivity contribution in [2.45, 2.75) is 18.1 Å². The van der Waals surface area contributed by atoms with Gasteiger partial charge in [0.2, 0.25) is 0 Å². The van der Waals surface area contributed by atoms with Crippen LogP contribution in [0.1, 0.15) is 12.0 Å². The van der Waals surface area contributed by atoms with Gasteiger partial charge in [0.05, 0.1) is 10.0 Å². The summed E-state index contributed by atoms with van der Waals surface area (Å²) < 4.78 is 0. The van der Waals surface area contributed by atoms with Crippen LogP contribution < -0.4 is 5.32 Å². The zero-order chi connectivity index (χ0) is 10.6. The van der Waals surface area contributed by atoms with Crippen LogP contribution in [0, 0.1) is 5.92 Å². The van der Waals surface area contributed by atoms with E-state index in [4.69, 9.17) is 23.2 Å². The van der Waals surface area contributed by atoms with Crippen LogP contribution >= 0.6 is 23.2 Å². The number of halogens is 2. The van der Waals surface area contributed by atoms with Gasteiger partial charge in [0.1, 0.15) is 6.23 Å². The van der Waals surface area contributed by atoms with Gasteiger partial charge in [0, 0.05) is 17.9 Å². The molecule has 0 aromatic heterocycles. The first-order valence-corrected chi connectivity index (χ1v) is 5.76. The van der Waals surface area contributed by atoms with Crippen molar-refractivity contribution in [3.8, 4) is 0 Å². The molecule has 1 aliphatic carbocycles. The molecule has 1 saturated heterocycles. The molecule has 2 fully saturated rings. The first kappa shape index (κ1) is 9.91. The SMILES string of the molecule is OC1NC[C@]2(c3ccc(Cl)c(Cl)c3)CC12. The minimum Gasteiger partial charge on any atom is -0.378 e. The zero-order valence-corrected chi connectivity index (χ0v) is 9.52. The van der Waals surface area contributed by atoms with Gasteiger partial charge in [-0.2, -0.15) is 0 Å². The predicted octanol–water partition coefficient (Wildman–Crippen LogP) is 2.17. The number of piperidine rings is 1. The fraction of sp³-hybridized carbons (Fsp3) is 0.455. The molecule has 0 radical (unpaired) electrons. The van der Waals surface area contributed by atoms with Gasteiger partial charge in [0.15, 0.2) is 0 Å². The van der Waals surface area contributed by atoms with Crippen molar-refractivity contribution in [2.24, 2.45) is 5.92 Å². The lowest BCUT2D eigenvalue weighted by Crippen LogP contribution is -2.26. The van der Waals surface area contributed by atoms with Crippen LogP contribution in [-0.2, 0) is 5.41 Å². The number of hydrogen-bond donors (Lipinski definition) is 2. The lowest BCUT2D eigenvalue weighted by Gasteiger charge is -2.12. The Bertz CT molecular complexity index is 423. The molecule has 4 heteroatoms. The molecule has 0 bridgehead atoms. The van der Waals surface area contributed by atoms with E-state index in [0.717, 1.165) is 13.0 Å². The quantitative estimate of drug-likeness (QED) is 0.793. The molecule has 1 heterocycles. The number of fused-ring (bicyclic) bond motifs is 1. The highest BCUT2D eigenvalue weighted by atomic mass is 35.5. The molecule has 0 amide bonds. The van der Waals surface area contributed by atoms with Crippen LogP contribution in [-0.4, -0.2) is 17.9 Å². The molecule has 15 heavy (non-hydrogen) atoms. The van der Waals surface area contributed by atoms with E-state index < -0.39 is 0 Å². The number of aliphatic hydroxyl groups excluding tert-OH is 1. The summed E-state index contributed by atoms with van der Waals surface area (Å²) in [4.78, 5) is 0. The van der Waals surface area contributed by atoms with E-state index in [9.17, 15) is 5.11 Å². The van der Waals surface area contributed by atoms with Gasteiger partial charge < -0.3 is 5.11 Å². The van der Waals surface area contributed by atoms with Crippen LogP contribution in [0.25, 0.3) is 0 Å². The van der Waals surface area contributed by atoms with Crippen LogP contribution in [0.5, 0.6) is 0 Å². The zero-order valence-electron chi connectivity index (χ0n) is 8.00. The Labute approximate surface area is 98.2 Å². The second kappa shape index (κ2) is 3.11. The molecule has 1 aromatic rings. The Balaban J connectivity index is 1.98. The van der Waals surface area contributed by atoms with Gasteiger partial charge in [-0.3, -0.25) is 5.32 Å². The Morgan fingerprint density at radius 3 is 2.67 bits per heavy atom. The third kappa shape index (κ3) is 1.32. The third-order valence-corrected chi connectivity index (χ3v) is 4.38. The van der Waals surface area contributed by atoms with E-state index >= 15 is 0 Å². The predicted molar refractivity (Wildman–Crippen MR) is 60.3 cm³/mol. The molecule has 3 atom stereocenters. The molecule has 2 aliphatic rings. The van der Waals surface area contributed by atoms with Crippen molar-refractivity contribution in [2.75, 3.05) is 6.54 Å². The van der Waals surface area contributed by atoms with E-state index in [0.29, 0.717) is 16.0 Å². The average Bonchev–Trinajstić information content (AvgIpc) is 2.88. The Morgan fingerprint density at radius 2 is 2.13 bits per heavy atom. The summed E-state index contributed by atoms with van der Waals surface area (Å²) in [6.45, 7) is 0.830. The standard InChI is InChI=1S/C11H11Cl2NO/c12-8-2-1-6(3-9(8)13)11-4-7(11)10(15)14-5-11/h1-3,7,10,14-15H,4-5H2/t7?,10?,11-/m0/s1. The Morgan fingerprint density at radius 1 is 1.33 bits per heavy atom. The normalized spacial score (nSPS) is 37.8. The first-order chi connectivity index (χ1) is 7.13. The molecule has 1 aromatic carbocycles. The second-order valence-electron chi connectivity index (χ2n) is 4.42. The summed E-state index contributed by atoms with van der Waals surface area (Å²) in [5, 5.41) is 13.9. The topological polar surface area (TPSA) is 32.3 Å². The highest BCUT2D eigenvalue weighted by Crippen LogP contribution is 2.58. The Hall–Kier alpha value is -0.280. The van der Waals surface area contributed by atoms with Gasteiger partial charge in [0.25, 0.3) is 0 Å². The summed E-state index contributed by atoms with van der Waals surface area (Å²) in [7, 11) is 0. The molecular formula is C11H11Cl2NO. The maximum atomic E-state index is 9.62. The van der Waals surface area contributed by atoms with E-state index in [1.54, 1.807) is 0 Å². The van der Waals surface area contributed by atoms with Crippen molar-refractivity contribution >= 4 is 23.2 Å². The molecule has 2 nitrogen and oxygen atoms in total. The lowest BCUT2D eigenvalue weighted by molar-refractivity contribution is 0.136. The van der Waals surface area contributed by atoms with Gasteiger partial charge in [-0.25, -0.2) is 0 Å². The van der Waals surface area contributed by atoms with Crippen molar-refractivity contribution < 1.29 is 5.11 Å². The van der Waals surface area contributed by atoms with E-state index in [-0.39, 0.29) is 11.6 Å². The fourth-order valence-electron chi connectivity index (χ4n) is 2.62. The molecule has 0 spiro atoms. The Kier molecular flexibility index (Phi) is 2.05. The van der Waals surface area contributed by atoms with E-state index in [1.807, 2.05) is 18.2 Å². The molecule has 80 valence electrons. The highest BCUT2D eigenvalue weighted by Gasteiger charge is 2.62. The number of rotatable bonds is 1. The van der Waals surface area contributed by atoms with E-state index in [2.05, 4.69) is 5.32 Å². The smallest absolute Gasteiger partial charge is 0.108 e. The number of benzene rings is 1. The van der Waals surface area contributed by atoms with Crippen LogP contribution in [0.4, 0.5) is 0 Å². The average molecular weight is 244 g/mol. The van der Waals surface area contributed by atoms with Gasteiger partial charge in [-0.15, -0.1) is 0 Å². The first-order valence-electron chi connectivity index (χ1n) is 5.00. The van der Waals surface area contributed by atoms with Crippen molar-refractivity contribution in [3.05, 3.63) is 33.8 Å². The van der Waals surface area contributed by atoms with Crippen LogP contribution in [0.15, 0.2) is 18.2 Å². The molecular weight excluding hydrogens is 233 g/mol. The minimum atomic E-state index is -0.362. The molecule has 3 rings (SSSR count).